The predicted octanol–water partition coefficient (Wildman–Crippen LogP) is 22.0. The maximum absolute atomic E-state index is 13.2. The maximum Gasteiger partial charge on any atom is 0.160 e. The molecule has 0 saturated carbocycles. The Hall–Kier alpha value is -3.12. The van der Waals surface area contributed by atoms with Crippen molar-refractivity contribution in [1.82, 2.24) is 24.1 Å². The SMILES string of the molecule is CCCCCCCCCCCc1c(C=O)sc2c1sc1c3c4nn(CCCCCC)nc4c4c5sc6c(CCCCCCCCCCC)c(C=O)sc6c5n(CC(CC)CCCC)c4c3n(CC(CC)CCCC)c21. The highest BCUT2D eigenvalue weighted by Gasteiger charge is 2.33. The predicted molar refractivity (Wildman–Crippen MR) is 333 cm³/mol. The van der Waals surface area contributed by atoms with Crippen molar-refractivity contribution in [3.8, 4) is 0 Å². The van der Waals surface area contributed by atoms with Gasteiger partial charge >= 0.3 is 0 Å². The van der Waals surface area contributed by atoms with Gasteiger partial charge in [0.05, 0.1) is 66.6 Å². The fraction of sp³-hybridized carbons (Fsp3) is 0.688. The maximum atomic E-state index is 13.2. The molecule has 0 aliphatic rings. The van der Waals surface area contributed by atoms with Crippen LogP contribution in [0, 0.1) is 11.8 Å². The lowest BCUT2D eigenvalue weighted by atomic mass is 9.99. The quantitative estimate of drug-likeness (QED) is 0.0284. The van der Waals surface area contributed by atoms with Gasteiger partial charge in [-0.25, -0.2) is 0 Å². The van der Waals surface area contributed by atoms with Crippen molar-refractivity contribution < 1.29 is 9.59 Å². The zero-order valence-corrected chi connectivity index (χ0v) is 51.0. The number of benzene rings is 1. The average molecular weight is 1090 g/mol. The van der Waals surface area contributed by atoms with E-state index in [9.17, 15) is 9.59 Å². The molecule has 0 amide bonds. The third-order valence-electron chi connectivity index (χ3n) is 17.1. The first kappa shape index (κ1) is 58.0. The standard InChI is InChI=1S/C64H95N5O2S4/c1-8-15-20-23-25-27-29-31-33-38-47-49(43-70)72-63-57-61(74-59(47)63)51-53-54(66-69(65-53)40-35-22-17-10-3)52-56(55(51)67(57)41-45(13-6)36-18-11-4)68(42-46(14-7)37-19-12-5)58-62(52)75-60-48(50(44-71)73-64(58)60)39-34-32-30-28-26-24-21-16-9-2/h43-46H,8-42H2,1-7H3. The van der Waals surface area contributed by atoms with E-state index in [-0.39, 0.29) is 0 Å². The van der Waals surface area contributed by atoms with Crippen LogP contribution in [-0.4, -0.2) is 36.7 Å². The third-order valence-corrected chi connectivity index (χ3v) is 22.2. The minimum atomic E-state index is 0.519. The molecule has 0 N–H and O–H groups in total. The van der Waals surface area contributed by atoms with Crippen molar-refractivity contribution in [2.24, 2.45) is 11.8 Å². The number of hydrogen-bond acceptors (Lipinski definition) is 8. The summed E-state index contributed by atoms with van der Waals surface area (Å²) >= 11 is 7.40. The Bertz CT molecular complexity index is 2860. The highest BCUT2D eigenvalue weighted by Crippen LogP contribution is 2.54. The van der Waals surface area contributed by atoms with Crippen molar-refractivity contribution in [3.05, 3.63) is 20.9 Å². The number of fused-ring (bicyclic) bond motifs is 14. The summed E-state index contributed by atoms with van der Waals surface area (Å²) < 4.78 is 13.4. The van der Waals surface area contributed by atoms with Crippen molar-refractivity contribution in [3.63, 3.8) is 0 Å². The minimum Gasteiger partial charge on any atom is -0.337 e. The van der Waals surface area contributed by atoms with Crippen molar-refractivity contribution >= 4 is 130 Å². The molecular formula is C64H95N5O2S4. The first-order chi connectivity index (χ1) is 36.9. The molecule has 8 rings (SSSR count). The molecular weight excluding hydrogens is 999 g/mol. The topological polar surface area (TPSA) is 74.7 Å². The molecule has 0 bridgehead atoms. The number of thiophene rings is 4. The summed E-state index contributed by atoms with van der Waals surface area (Å²) in [5.74, 6) is 1.04. The monoisotopic (exact) mass is 1090 g/mol. The zero-order valence-electron chi connectivity index (χ0n) is 47.7. The summed E-state index contributed by atoms with van der Waals surface area (Å²) in [7, 11) is 0. The van der Waals surface area contributed by atoms with Crippen LogP contribution in [0.5, 0.6) is 0 Å². The van der Waals surface area contributed by atoms with Gasteiger partial charge in [0.2, 0.25) is 0 Å². The van der Waals surface area contributed by atoms with Crippen LogP contribution >= 0.6 is 45.3 Å². The number of hydrogen-bond donors (Lipinski definition) is 0. The molecule has 0 saturated heterocycles. The van der Waals surface area contributed by atoms with Gasteiger partial charge in [0.15, 0.2) is 12.6 Å². The van der Waals surface area contributed by atoms with Gasteiger partial charge in [-0.05, 0) is 67.9 Å². The first-order valence-corrected chi connectivity index (χ1v) is 34.2. The van der Waals surface area contributed by atoms with E-state index in [0.717, 1.165) is 85.4 Å². The molecule has 7 heterocycles. The van der Waals surface area contributed by atoms with Crippen molar-refractivity contribution in [2.75, 3.05) is 0 Å². The molecule has 412 valence electrons. The van der Waals surface area contributed by atoms with Crippen LogP contribution in [0.15, 0.2) is 0 Å². The van der Waals surface area contributed by atoms with E-state index in [1.54, 1.807) is 22.7 Å². The smallest absolute Gasteiger partial charge is 0.160 e. The number of carbonyl (C=O) groups is 2. The number of rotatable bonds is 39. The largest absolute Gasteiger partial charge is 0.337 e. The normalized spacial score (nSPS) is 13.3. The Kier molecular flexibility index (Phi) is 22.6. The van der Waals surface area contributed by atoms with Gasteiger partial charge in [0.25, 0.3) is 0 Å². The van der Waals surface area contributed by atoms with Crippen LogP contribution in [0.2, 0.25) is 0 Å². The van der Waals surface area contributed by atoms with Gasteiger partial charge in [-0.2, -0.15) is 15.0 Å². The molecule has 11 heteroatoms. The molecule has 0 spiro atoms. The number of aromatic nitrogens is 5. The molecule has 7 nitrogen and oxygen atoms in total. The lowest BCUT2D eigenvalue weighted by Gasteiger charge is -2.20. The first-order valence-electron chi connectivity index (χ1n) is 31.0. The lowest BCUT2D eigenvalue weighted by Crippen LogP contribution is -2.13. The van der Waals surface area contributed by atoms with Gasteiger partial charge in [0, 0.05) is 23.9 Å². The highest BCUT2D eigenvalue weighted by atomic mass is 32.1. The van der Waals surface area contributed by atoms with Gasteiger partial charge in [-0.3, -0.25) is 9.59 Å². The molecule has 0 aliphatic carbocycles. The fourth-order valence-corrected chi connectivity index (χ4v) is 18.2. The second-order valence-electron chi connectivity index (χ2n) is 22.7. The van der Waals surface area contributed by atoms with Crippen LogP contribution in [0.3, 0.4) is 0 Å². The minimum absolute atomic E-state index is 0.519. The highest BCUT2D eigenvalue weighted by molar-refractivity contribution is 7.35. The molecule has 8 aromatic rings. The van der Waals surface area contributed by atoms with E-state index in [1.807, 2.05) is 22.7 Å². The third kappa shape index (κ3) is 13.0. The van der Waals surface area contributed by atoms with E-state index in [0.29, 0.717) is 11.8 Å². The second-order valence-corrected chi connectivity index (χ2v) is 26.9. The summed E-state index contributed by atoms with van der Waals surface area (Å²) in [6.45, 7) is 19.0. The van der Waals surface area contributed by atoms with Gasteiger partial charge in [-0.1, -0.05) is 209 Å². The van der Waals surface area contributed by atoms with Crippen LogP contribution in [0.1, 0.15) is 272 Å². The molecule has 75 heavy (non-hydrogen) atoms. The number of aldehydes is 2. The van der Waals surface area contributed by atoms with E-state index < -0.39 is 0 Å². The van der Waals surface area contributed by atoms with Crippen molar-refractivity contribution in [1.29, 1.82) is 0 Å². The molecule has 1 aromatic carbocycles. The van der Waals surface area contributed by atoms with E-state index >= 15 is 0 Å². The van der Waals surface area contributed by atoms with Gasteiger partial charge in [-0.15, -0.1) is 45.3 Å². The Morgan fingerprint density at radius 3 is 1.12 bits per heavy atom. The molecule has 0 aliphatic heterocycles. The molecule has 0 fully saturated rings. The molecule has 7 aromatic heterocycles. The van der Waals surface area contributed by atoms with Crippen LogP contribution in [0.25, 0.3) is 72.1 Å². The van der Waals surface area contributed by atoms with E-state index in [4.69, 9.17) is 10.2 Å². The molecule has 2 atom stereocenters. The Balaban J connectivity index is 1.36. The summed E-state index contributed by atoms with van der Waals surface area (Å²) in [4.78, 5) is 30.2. The Labute approximate surface area is 467 Å². The number of aryl methyl sites for hydroxylation is 3. The fourth-order valence-electron chi connectivity index (χ4n) is 12.5. The molecule has 0 radical (unpaired) electrons. The number of nitrogens with zero attached hydrogens (tertiary/aromatic N) is 5. The van der Waals surface area contributed by atoms with Crippen LogP contribution in [-0.2, 0) is 32.5 Å². The Morgan fingerprint density at radius 1 is 0.400 bits per heavy atom. The summed E-state index contributed by atoms with van der Waals surface area (Å²) in [5.41, 5.74) is 9.91. The summed E-state index contributed by atoms with van der Waals surface area (Å²) in [5, 5.41) is 13.8. The second kappa shape index (κ2) is 29.2. The van der Waals surface area contributed by atoms with Gasteiger partial charge in [0.1, 0.15) is 11.0 Å². The Morgan fingerprint density at radius 2 is 0.760 bits per heavy atom. The van der Waals surface area contributed by atoms with Crippen molar-refractivity contribution in [2.45, 2.75) is 274 Å². The summed E-state index contributed by atoms with van der Waals surface area (Å²) in [6.07, 6.45) is 41.7. The zero-order chi connectivity index (χ0) is 52.7. The number of carbonyl (C=O) groups excluding carboxylic acids is 2. The lowest BCUT2D eigenvalue weighted by molar-refractivity contribution is 0.111. The summed E-state index contributed by atoms with van der Waals surface area (Å²) in [6, 6.07) is 0. The molecule has 2 unspecified atom stereocenters. The average Bonchev–Trinajstić information content (AvgIpc) is 4.48. The van der Waals surface area contributed by atoms with E-state index in [2.05, 4.69) is 62.4 Å². The van der Waals surface area contributed by atoms with E-state index in [1.165, 1.54) is 245 Å². The van der Waals surface area contributed by atoms with Gasteiger partial charge < -0.3 is 9.13 Å². The van der Waals surface area contributed by atoms with Crippen LogP contribution in [0.4, 0.5) is 0 Å². The van der Waals surface area contributed by atoms with Crippen LogP contribution < -0.4 is 0 Å². The number of unbranched alkanes of at least 4 members (excludes halogenated alkanes) is 21.